The van der Waals surface area contributed by atoms with Crippen LogP contribution in [-0.4, -0.2) is 37.6 Å². The zero-order chi connectivity index (χ0) is 14.5. The Balaban J connectivity index is 1.77. The zero-order valence-corrected chi connectivity index (χ0v) is 13.1. The molecule has 0 spiro atoms. The second-order valence-electron chi connectivity index (χ2n) is 7.58. The van der Waals surface area contributed by atoms with Gasteiger partial charge in [-0.1, -0.05) is 26.0 Å². The predicted molar refractivity (Wildman–Crippen MR) is 79.3 cm³/mol. The molecular formula is C17H27NO2. The summed E-state index contributed by atoms with van der Waals surface area (Å²) in [5.41, 5.74) is 1.09. The first-order chi connectivity index (χ1) is 9.41. The largest absolute Gasteiger partial charge is 0.384 e. The monoisotopic (exact) mass is 277 g/mol. The number of hydrogen-bond acceptors (Lipinski definition) is 2. The Morgan fingerprint density at radius 3 is 2.80 bits per heavy atom. The van der Waals surface area contributed by atoms with Gasteiger partial charge in [-0.3, -0.25) is 4.79 Å². The summed E-state index contributed by atoms with van der Waals surface area (Å²) in [5, 5.41) is 0. The van der Waals surface area contributed by atoms with Crippen LogP contribution < -0.4 is 0 Å². The van der Waals surface area contributed by atoms with Crippen molar-refractivity contribution < 1.29 is 9.53 Å². The van der Waals surface area contributed by atoms with E-state index in [9.17, 15) is 4.79 Å². The smallest absolute Gasteiger partial charge is 0.232 e. The normalized spacial score (nSPS) is 38.8. The number of fused-ring (bicyclic) bond motifs is 2. The van der Waals surface area contributed by atoms with Crippen molar-refractivity contribution in [1.82, 2.24) is 4.90 Å². The average molecular weight is 277 g/mol. The minimum atomic E-state index is -0.240. The highest BCUT2D eigenvalue weighted by molar-refractivity contribution is 5.88. The Kier molecular flexibility index (Phi) is 3.24. The summed E-state index contributed by atoms with van der Waals surface area (Å²) in [6.45, 7) is 11.4. The topological polar surface area (TPSA) is 29.5 Å². The van der Waals surface area contributed by atoms with Gasteiger partial charge in [0.25, 0.3) is 0 Å². The number of rotatable bonds is 3. The molecule has 0 unspecified atom stereocenters. The number of methoxy groups -OCH3 is 1. The van der Waals surface area contributed by atoms with E-state index < -0.39 is 0 Å². The van der Waals surface area contributed by atoms with Crippen LogP contribution in [0.1, 0.15) is 39.5 Å². The highest BCUT2D eigenvalue weighted by Crippen LogP contribution is 2.66. The lowest BCUT2D eigenvalue weighted by atomic mass is 9.68. The first-order valence-corrected chi connectivity index (χ1v) is 7.90. The summed E-state index contributed by atoms with van der Waals surface area (Å²) in [6.07, 6.45) is 4.31. The molecule has 3 nitrogen and oxygen atoms in total. The number of ether oxygens (including phenoxy) is 1. The van der Waals surface area contributed by atoms with Crippen LogP contribution in [-0.2, 0) is 9.53 Å². The summed E-state index contributed by atoms with van der Waals surface area (Å²) in [6, 6.07) is 0. The van der Waals surface area contributed by atoms with E-state index in [1.54, 1.807) is 7.11 Å². The summed E-state index contributed by atoms with van der Waals surface area (Å²) < 4.78 is 5.24. The van der Waals surface area contributed by atoms with Gasteiger partial charge in [0, 0.05) is 26.1 Å². The molecule has 0 radical (unpaired) electrons. The van der Waals surface area contributed by atoms with E-state index in [2.05, 4.69) is 25.3 Å². The average Bonchev–Trinajstić information content (AvgIpc) is 3.07. The van der Waals surface area contributed by atoms with Gasteiger partial charge in [0.2, 0.25) is 5.91 Å². The van der Waals surface area contributed by atoms with Crippen LogP contribution in [0.5, 0.6) is 0 Å². The van der Waals surface area contributed by atoms with Crippen LogP contribution in [0.25, 0.3) is 0 Å². The molecule has 0 aromatic carbocycles. The SMILES string of the molecule is C=C1C(C)(C)[C@H]2CC[C@@]1(C(=O)N1CC[C@@H](COC)C1)C2. The molecular weight excluding hydrogens is 250 g/mol. The minimum Gasteiger partial charge on any atom is -0.384 e. The molecule has 3 atom stereocenters. The van der Waals surface area contributed by atoms with Gasteiger partial charge in [-0.05, 0) is 37.0 Å². The molecule has 1 heterocycles. The Labute approximate surface area is 122 Å². The van der Waals surface area contributed by atoms with Gasteiger partial charge in [-0.2, -0.15) is 0 Å². The van der Waals surface area contributed by atoms with E-state index in [4.69, 9.17) is 4.74 Å². The fourth-order valence-corrected chi connectivity index (χ4v) is 4.81. The molecule has 3 fully saturated rings. The van der Waals surface area contributed by atoms with E-state index >= 15 is 0 Å². The molecule has 0 aromatic heterocycles. The third-order valence-corrected chi connectivity index (χ3v) is 6.28. The van der Waals surface area contributed by atoms with Crippen LogP contribution in [0.3, 0.4) is 0 Å². The van der Waals surface area contributed by atoms with Gasteiger partial charge in [0.15, 0.2) is 0 Å². The van der Waals surface area contributed by atoms with Crippen molar-refractivity contribution in [3.05, 3.63) is 12.2 Å². The maximum Gasteiger partial charge on any atom is 0.232 e. The molecule has 2 saturated carbocycles. The fraction of sp³-hybridized carbons (Fsp3) is 0.824. The summed E-state index contributed by atoms with van der Waals surface area (Å²) >= 11 is 0. The molecule has 1 amide bonds. The predicted octanol–water partition coefficient (Wildman–Crippen LogP) is 2.86. The number of hydrogen-bond donors (Lipinski definition) is 0. The maximum absolute atomic E-state index is 13.1. The molecule has 0 N–H and O–H groups in total. The number of carbonyl (C=O) groups is 1. The van der Waals surface area contributed by atoms with Crippen molar-refractivity contribution >= 4 is 5.91 Å². The van der Waals surface area contributed by atoms with Gasteiger partial charge in [-0.25, -0.2) is 0 Å². The molecule has 2 bridgehead atoms. The van der Waals surface area contributed by atoms with E-state index in [1.807, 2.05) is 0 Å². The lowest BCUT2D eigenvalue weighted by molar-refractivity contribution is -0.138. The van der Waals surface area contributed by atoms with Crippen LogP contribution in [0, 0.1) is 22.7 Å². The molecule has 2 aliphatic carbocycles. The molecule has 3 rings (SSSR count). The standard InChI is InChI=1S/C17H27NO2/c1-12-16(2,3)14-5-7-17(12,9-14)15(19)18-8-6-13(10-18)11-20-4/h13-14H,1,5-11H2,2-4H3/t13-,14+,17-/m1/s1. The first-order valence-electron chi connectivity index (χ1n) is 7.90. The Morgan fingerprint density at radius 2 is 2.20 bits per heavy atom. The minimum absolute atomic E-state index is 0.138. The highest BCUT2D eigenvalue weighted by Gasteiger charge is 2.61. The summed E-state index contributed by atoms with van der Waals surface area (Å²) in [5.74, 6) is 1.52. The van der Waals surface area contributed by atoms with Crippen molar-refractivity contribution in [3.8, 4) is 0 Å². The number of carbonyl (C=O) groups excluding carboxylic acids is 1. The van der Waals surface area contributed by atoms with Gasteiger partial charge in [0.05, 0.1) is 12.0 Å². The third-order valence-electron chi connectivity index (χ3n) is 6.28. The van der Waals surface area contributed by atoms with Gasteiger partial charge >= 0.3 is 0 Å². The molecule has 1 aliphatic heterocycles. The maximum atomic E-state index is 13.1. The Morgan fingerprint density at radius 1 is 1.45 bits per heavy atom. The zero-order valence-electron chi connectivity index (χ0n) is 13.1. The van der Waals surface area contributed by atoms with Gasteiger partial charge in [-0.15, -0.1) is 0 Å². The Hall–Kier alpha value is -0.830. The lowest BCUT2D eigenvalue weighted by Gasteiger charge is -2.39. The van der Waals surface area contributed by atoms with Crippen molar-refractivity contribution in [2.24, 2.45) is 22.7 Å². The molecule has 20 heavy (non-hydrogen) atoms. The quantitative estimate of drug-likeness (QED) is 0.742. The van der Waals surface area contributed by atoms with E-state index in [0.29, 0.717) is 17.7 Å². The van der Waals surface area contributed by atoms with Gasteiger partial charge in [0.1, 0.15) is 0 Å². The first kappa shape index (κ1) is 14.1. The molecule has 112 valence electrons. The van der Waals surface area contributed by atoms with Crippen molar-refractivity contribution in [3.63, 3.8) is 0 Å². The van der Waals surface area contributed by atoms with Crippen molar-refractivity contribution in [2.45, 2.75) is 39.5 Å². The van der Waals surface area contributed by atoms with Gasteiger partial charge < -0.3 is 9.64 Å². The molecule has 0 aromatic rings. The third kappa shape index (κ3) is 1.78. The van der Waals surface area contributed by atoms with E-state index in [1.165, 1.54) is 12.0 Å². The molecule has 1 saturated heterocycles. The van der Waals surface area contributed by atoms with E-state index in [-0.39, 0.29) is 10.8 Å². The second-order valence-corrected chi connectivity index (χ2v) is 7.58. The summed E-state index contributed by atoms with van der Waals surface area (Å²) in [4.78, 5) is 15.2. The fourth-order valence-electron chi connectivity index (χ4n) is 4.81. The Bertz CT molecular complexity index is 442. The molecule has 3 heteroatoms. The highest BCUT2D eigenvalue weighted by atomic mass is 16.5. The van der Waals surface area contributed by atoms with Crippen LogP contribution in [0.4, 0.5) is 0 Å². The van der Waals surface area contributed by atoms with E-state index in [0.717, 1.165) is 39.0 Å². The van der Waals surface area contributed by atoms with Crippen molar-refractivity contribution in [2.75, 3.05) is 26.8 Å². The van der Waals surface area contributed by atoms with Crippen LogP contribution >= 0.6 is 0 Å². The van der Waals surface area contributed by atoms with Crippen molar-refractivity contribution in [1.29, 1.82) is 0 Å². The summed E-state index contributed by atoms with van der Waals surface area (Å²) in [7, 11) is 1.74. The lowest BCUT2D eigenvalue weighted by Crippen LogP contribution is -2.43. The van der Waals surface area contributed by atoms with Crippen LogP contribution in [0.15, 0.2) is 12.2 Å². The van der Waals surface area contributed by atoms with Crippen LogP contribution in [0.2, 0.25) is 0 Å². The number of nitrogens with zero attached hydrogens (tertiary/aromatic N) is 1. The molecule has 3 aliphatic rings. The number of amides is 1. The number of likely N-dealkylation sites (tertiary alicyclic amines) is 1. The second kappa shape index (κ2) is 4.59.